The number of benzene rings is 1. The summed E-state index contributed by atoms with van der Waals surface area (Å²) < 4.78 is 5.01. The predicted molar refractivity (Wildman–Crippen MR) is 51.0 cm³/mol. The van der Waals surface area contributed by atoms with Gasteiger partial charge in [-0.05, 0) is 36.1 Å². The maximum Gasteiger partial charge on any atom is 0.211 e. The number of nitrogens with one attached hydrogen (secondary N) is 1. The van der Waals surface area contributed by atoms with Gasteiger partial charge in [0.25, 0.3) is 0 Å². The molecule has 62 valence electrons. The van der Waals surface area contributed by atoms with Gasteiger partial charge in [-0.25, -0.2) is 0 Å². The van der Waals surface area contributed by atoms with Crippen molar-refractivity contribution >= 4 is 31.5 Å². The normalized spacial score (nSPS) is 9.33. The van der Waals surface area contributed by atoms with Crippen molar-refractivity contribution in [3.05, 3.63) is 24.3 Å². The van der Waals surface area contributed by atoms with Crippen molar-refractivity contribution in [1.82, 2.24) is 0 Å². The molecule has 5 heteroatoms. The first kappa shape index (κ1) is 9.10. The van der Waals surface area contributed by atoms with E-state index >= 15 is 0 Å². The van der Waals surface area contributed by atoms with E-state index in [2.05, 4.69) is 17.1 Å². The van der Waals surface area contributed by atoms with E-state index in [1.807, 2.05) is 0 Å². The number of rotatable bonds is 4. The SMILES string of the molecule is O=CNc1ccc(OP=S)cc1. The monoisotopic (exact) mass is 199 g/mol. The van der Waals surface area contributed by atoms with Crippen LogP contribution in [0.25, 0.3) is 0 Å². The molecule has 0 heterocycles. The van der Waals surface area contributed by atoms with Crippen molar-refractivity contribution in [2.75, 3.05) is 5.32 Å². The number of carbonyl (C=O) groups is 1. The van der Waals surface area contributed by atoms with Crippen LogP contribution in [0.5, 0.6) is 5.75 Å². The summed E-state index contributed by atoms with van der Waals surface area (Å²) in [5.74, 6) is 0.697. The van der Waals surface area contributed by atoms with Gasteiger partial charge in [-0.2, -0.15) is 0 Å². The Morgan fingerprint density at radius 2 is 2.08 bits per heavy atom. The highest BCUT2D eigenvalue weighted by Crippen LogP contribution is 2.17. The quantitative estimate of drug-likeness (QED) is 0.595. The van der Waals surface area contributed by atoms with Crippen LogP contribution in [-0.4, -0.2) is 6.41 Å². The molecule has 1 amide bonds. The van der Waals surface area contributed by atoms with Crippen LogP contribution < -0.4 is 9.84 Å². The van der Waals surface area contributed by atoms with Crippen LogP contribution in [0.3, 0.4) is 0 Å². The van der Waals surface area contributed by atoms with Gasteiger partial charge in [-0.15, -0.1) is 0 Å². The van der Waals surface area contributed by atoms with Gasteiger partial charge in [0.15, 0.2) is 0 Å². The van der Waals surface area contributed by atoms with Gasteiger partial charge in [0.1, 0.15) is 5.75 Å². The molecule has 0 aromatic heterocycles. The molecule has 0 fully saturated rings. The highest BCUT2D eigenvalue weighted by atomic mass is 32.4. The van der Waals surface area contributed by atoms with Crippen LogP contribution in [0.1, 0.15) is 0 Å². The van der Waals surface area contributed by atoms with Crippen LogP contribution in [0.4, 0.5) is 5.69 Å². The Bertz CT molecular complexity index is 246. The Morgan fingerprint density at radius 1 is 1.42 bits per heavy atom. The summed E-state index contributed by atoms with van der Waals surface area (Å²) in [4.78, 5) is 10.0. The van der Waals surface area contributed by atoms with E-state index in [0.29, 0.717) is 19.7 Å². The minimum atomic E-state index is 0.447. The van der Waals surface area contributed by atoms with E-state index < -0.39 is 0 Å². The first-order chi connectivity index (χ1) is 5.86. The number of hydrogen-bond donors (Lipinski definition) is 1. The molecular formula is C7H6NO2PS. The van der Waals surface area contributed by atoms with Crippen LogP contribution in [-0.2, 0) is 16.6 Å². The standard InChI is InChI=1S/C7H6NO2PS/c9-5-8-6-1-3-7(4-2-6)10-11-12/h1-5H,(H,8,9). The first-order valence-electron chi connectivity index (χ1n) is 3.17. The summed E-state index contributed by atoms with van der Waals surface area (Å²) >= 11 is 4.60. The minimum Gasteiger partial charge on any atom is -0.429 e. The zero-order valence-corrected chi connectivity index (χ0v) is 7.77. The largest absolute Gasteiger partial charge is 0.429 e. The van der Waals surface area contributed by atoms with Gasteiger partial charge >= 0.3 is 0 Å². The lowest BCUT2D eigenvalue weighted by molar-refractivity contribution is -0.105. The molecule has 3 nitrogen and oxygen atoms in total. The Balaban J connectivity index is 2.70. The summed E-state index contributed by atoms with van der Waals surface area (Å²) in [6.07, 6.45) is 0.626. The average Bonchev–Trinajstić information content (AvgIpc) is 2.09. The average molecular weight is 199 g/mol. The van der Waals surface area contributed by atoms with E-state index in [4.69, 9.17) is 4.52 Å². The second kappa shape index (κ2) is 4.80. The molecule has 1 N–H and O–H groups in total. The fourth-order valence-electron chi connectivity index (χ4n) is 0.723. The highest BCUT2D eigenvalue weighted by Gasteiger charge is 1.91. The van der Waals surface area contributed by atoms with Gasteiger partial charge in [-0.1, -0.05) is 0 Å². The van der Waals surface area contributed by atoms with Gasteiger partial charge in [-0.3, -0.25) is 4.79 Å². The fraction of sp³-hybridized carbons (Fsp3) is 0. The summed E-state index contributed by atoms with van der Waals surface area (Å²) in [5.41, 5.74) is 0.735. The third kappa shape index (κ3) is 2.57. The summed E-state index contributed by atoms with van der Waals surface area (Å²) in [6.45, 7) is 0. The van der Waals surface area contributed by atoms with Crippen LogP contribution in [0.2, 0.25) is 0 Å². The molecule has 0 saturated heterocycles. The molecule has 0 radical (unpaired) electrons. The zero-order valence-electron chi connectivity index (χ0n) is 6.06. The molecule has 1 rings (SSSR count). The molecule has 0 atom stereocenters. The Kier molecular flexibility index (Phi) is 3.64. The Hall–Kier alpha value is -0.990. The zero-order chi connectivity index (χ0) is 8.81. The molecule has 0 saturated carbocycles. The fourth-order valence-corrected chi connectivity index (χ4v) is 1.19. The third-order valence-electron chi connectivity index (χ3n) is 1.22. The van der Waals surface area contributed by atoms with Gasteiger partial charge in [0.2, 0.25) is 14.0 Å². The molecule has 12 heavy (non-hydrogen) atoms. The topological polar surface area (TPSA) is 38.3 Å². The number of anilines is 1. The maximum atomic E-state index is 10.0. The van der Waals surface area contributed by atoms with E-state index in [1.165, 1.54) is 0 Å². The van der Waals surface area contributed by atoms with Gasteiger partial charge in [0.05, 0.1) is 0 Å². The molecular weight excluding hydrogens is 193 g/mol. The molecule has 0 aliphatic rings. The van der Waals surface area contributed by atoms with Crippen molar-refractivity contribution < 1.29 is 9.32 Å². The van der Waals surface area contributed by atoms with Crippen LogP contribution >= 0.6 is 7.58 Å². The summed E-state index contributed by atoms with van der Waals surface area (Å²) in [5, 5.41) is 2.51. The van der Waals surface area contributed by atoms with E-state index in [0.717, 1.165) is 5.69 Å². The van der Waals surface area contributed by atoms with E-state index in [9.17, 15) is 4.79 Å². The second-order valence-corrected chi connectivity index (χ2v) is 2.73. The van der Waals surface area contributed by atoms with Crippen molar-refractivity contribution in [3.8, 4) is 5.75 Å². The maximum absolute atomic E-state index is 10.0. The molecule has 0 aliphatic carbocycles. The van der Waals surface area contributed by atoms with Crippen molar-refractivity contribution in [2.24, 2.45) is 0 Å². The molecule has 0 aliphatic heterocycles. The smallest absolute Gasteiger partial charge is 0.211 e. The molecule has 1 aromatic rings. The third-order valence-corrected chi connectivity index (χ3v) is 1.73. The highest BCUT2D eigenvalue weighted by molar-refractivity contribution is 7.94. The van der Waals surface area contributed by atoms with Crippen molar-refractivity contribution in [3.63, 3.8) is 0 Å². The molecule has 0 spiro atoms. The molecule has 0 bridgehead atoms. The second-order valence-electron chi connectivity index (χ2n) is 1.95. The van der Waals surface area contributed by atoms with Crippen LogP contribution in [0, 0.1) is 0 Å². The van der Waals surface area contributed by atoms with Crippen molar-refractivity contribution in [2.45, 2.75) is 0 Å². The van der Waals surface area contributed by atoms with Gasteiger partial charge in [0, 0.05) is 5.69 Å². The first-order valence-corrected chi connectivity index (χ1v) is 4.99. The molecule has 0 unspecified atom stereocenters. The number of hydrogen-bond acceptors (Lipinski definition) is 3. The van der Waals surface area contributed by atoms with Crippen molar-refractivity contribution in [1.29, 1.82) is 0 Å². The lowest BCUT2D eigenvalue weighted by atomic mass is 10.3. The van der Waals surface area contributed by atoms with Crippen LogP contribution in [0.15, 0.2) is 24.3 Å². The summed E-state index contributed by atoms with van der Waals surface area (Å²) in [6, 6.07) is 6.96. The predicted octanol–water partition coefficient (Wildman–Crippen LogP) is 1.96. The Labute approximate surface area is 76.7 Å². The Morgan fingerprint density at radius 3 is 2.58 bits per heavy atom. The van der Waals surface area contributed by atoms with E-state index in [1.54, 1.807) is 24.3 Å². The minimum absolute atomic E-state index is 0.447. The van der Waals surface area contributed by atoms with Gasteiger partial charge < -0.3 is 9.84 Å². The summed E-state index contributed by atoms with van der Waals surface area (Å²) in [7, 11) is 0.447. The van der Waals surface area contributed by atoms with E-state index in [-0.39, 0.29) is 0 Å². The number of amides is 1. The molecule has 1 aromatic carbocycles. The lowest BCUT2D eigenvalue weighted by Gasteiger charge is -1.99. The number of carbonyl (C=O) groups excluding carboxylic acids is 1. The lowest BCUT2D eigenvalue weighted by Crippen LogP contribution is -1.92.